The molecule has 0 aliphatic heterocycles. The van der Waals surface area contributed by atoms with E-state index in [0.717, 1.165) is 11.1 Å². The first-order chi connectivity index (χ1) is 14.0. The van der Waals surface area contributed by atoms with Gasteiger partial charge in [-0.1, -0.05) is 48.0 Å². The zero-order chi connectivity index (χ0) is 20.6. The van der Waals surface area contributed by atoms with Gasteiger partial charge in [0.25, 0.3) is 11.8 Å². The summed E-state index contributed by atoms with van der Waals surface area (Å²) in [7, 11) is 0. The van der Waals surface area contributed by atoms with Gasteiger partial charge in [-0.3, -0.25) is 14.9 Å². The first-order valence-electron chi connectivity index (χ1n) is 9.12. The Balaban J connectivity index is 1.51. The van der Waals surface area contributed by atoms with E-state index in [1.807, 2.05) is 49.4 Å². The molecule has 0 fully saturated rings. The van der Waals surface area contributed by atoms with Crippen molar-refractivity contribution in [2.24, 2.45) is 0 Å². The van der Waals surface area contributed by atoms with Crippen LogP contribution in [0.5, 0.6) is 0 Å². The maximum absolute atomic E-state index is 12.3. The van der Waals surface area contributed by atoms with Gasteiger partial charge < -0.3 is 10.6 Å². The van der Waals surface area contributed by atoms with Crippen LogP contribution in [-0.4, -0.2) is 16.9 Å². The Bertz CT molecular complexity index is 1000. The molecule has 0 heterocycles. The van der Waals surface area contributed by atoms with Gasteiger partial charge in [0.1, 0.15) is 0 Å². The molecule has 0 aliphatic rings. The Morgan fingerprint density at radius 3 is 2.03 bits per heavy atom. The monoisotopic (exact) mass is 403 g/mol. The van der Waals surface area contributed by atoms with Crippen LogP contribution >= 0.6 is 12.2 Å². The molecule has 146 valence electrons. The summed E-state index contributed by atoms with van der Waals surface area (Å²) in [5.74, 6) is -0.435. The van der Waals surface area contributed by atoms with Crippen LogP contribution in [0.3, 0.4) is 0 Å². The largest absolute Gasteiger partial charge is 0.348 e. The van der Waals surface area contributed by atoms with Crippen molar-refractivity contribution in [3.05, 3.63) is 101 Å². The standard InChI is InChI=1S/C23H21N3O2S/c1-16-7-9-19(10-8-16)22(28)26-23(29)25-20-13-11-18(12-14-20)21(27)24-15-17-5-3-2-4-6-17/h2-14H,15H2,1H3,(H,24,27)(H2,25,26,28,29). The number of hydrogen-bond donors (Lipinski definition) is 3. The van der Waals surface area contributed by atoms with E-state index in [2.05, 4.69) is 16.0 Å². The Morgan fingerprint density at radius 2 is 1.38 bits per heavy atom. The van der Waals surface area contributed by atoms with E-state index in [-0.39, 0.29) is 16.9 Å². The highest BCUT2D eigenvalue weighted by Crippen LogP contribution is 2.10. The Kier molecular flexibility index (Phi) is 6.71. The summed E-state index contributed by atoms with van der Waals surface area (Å²) in [6.45, 7) is 2.42. The van der Waals surface area contributed by atoms with Gasteiger partial charge in [0.15, 0.2) is 5.11 Å². The van der Waals surface area contributed by atoms with Gasteiger partial charge in [0.05, 0.1) is 0 Å². The van der Waals surface area contributed by atoms with Crippen LogP contribution in [0.25, 0.3) is 0 Å². The Morgan fingerprint density at radius 1 is 0.793 bits per heavy atom. The molecule has 0 aliphatic carbocycles. The number of anilines is 1. The second kappa shape index (κ2) is 9.61. The molecule has 3 aromatic rings. The molecule has 6 heteroatoms. The third kappa shape index (κ3) is 5.99. The molecule has 3 N–H and O–H groups in total. The van der Waals surface area contributed by atoms with Crippen molar-refractivity contribution in [2.45, 2.75) is 13.5 Å². The van der Waals surface area contributed by atoms with E-state index in [1.54, 1.807) is 36.4 Å². The van der Waals surface area contributed by atoms with Crippen molar-refractivity contribution in [3.63, 3.8) is 0 Å². The van der Waals surface area contributed by atoms with Gasteiger partial charge in [0.2, 0.25) is 0 Å². The zero-order valence-electron chi connectivity index (χ0n) is 15.9. The van der Waals surface area contributed by atoms with E-state index < -0.39 is 0 Å². The Labute approximate surface area is 175 Å². The summed E-state index contributed by atoms with van der Waals surface area (Å²) in [5, 5.41) is 8.66. The third-order valence-corrected chi connectivity index (χ3v) is 4.45. The highest BCUT2D eigenvalue weighted by molar-refractivity contribution is 7.80. The maximum Gasteiger partial charge on any atom is 0.257 e. The molecule has 0 unspecified atom stereocenters. The van der Waals surface area contributed by atoms with Crippen molar-refractivity contribution >= 4 is 34.8 Å². The molecule has 29 heavy (non-hydrogen) atoms. The van der Waals surface area contributed by atoms with Crippen LogP contribution in [0.15, 0.2) is 78.9 Å². The number of thiocarbonyl (C=S) groups is 1. The van der Waals surface area contributed by atoms with Crippen LogP contribution in [-0.2, 0) is 6.54 Å². The molecule has 3 rings (SSSR count). The van der Waals surface area contributed by atoms with Crippen molar-refractivity contribution in [1.82, 2.24) is 10.6 Å². The predicted octanol–water partition coefficient (Wildman–Crippen LogP) is 4.05. The first-order valence-corrected chi connectivity index (χ1v) is 9.53. The fourth-order valence-electron chi connectivity index (χ4n) is 2.63. The number of carbonyl (C=O) groups excluding carboxylic acids is 2. The number of carbonyl (C=O) groups is 2. The topological polar surface area (TPSA) is 70.2 Å². The summed E-state index contributed by atoms with van der Waals surface area (Å²) in [6, 6.07) is 23.8. The van der Waals surface area contributed by atoms with Crippen molar-refractivity contribution in [3.8, 4) is 0 Å². The van der Waals surface area contributed by atoms with Crippen LogP contribution in [0, 0.1) is 6.92 Å². The third-order valence-electron chi connectivity index (χ3n) is 4.24. The SMILES string of the molecule is Cc1ccc(C(=O)NC(=S)Nc2ccc(C(=O)NCc3ccccc3)cc2)cc1. The lowest BCUT2D eigenvalue weighted by Gasteiger charge is -2.10. The second-order valence-electron chi connectivity index (χ2n) is 6.52. The lowest BCUT2D eigenvalue weighted by Crippen LogP contribution is -2.34. The number of hydrogen-bond acceptors (Lipinski definition) is 3. The average Bonchev–Trinajstić information content (AvgIpc) is 2.73. The van der Waals surface area contributed by atoms with Gasteiger partial charge in [-0.15, -0.1) is 0 Å². The zero-order valence-corrected chi connectivity index (χ0v) is 16.8. The molecule has 5 nitrogen and oxygen atoms in total. The number of rotatable bonds is 5. The van der Waals surface area contributed by atoms with Gasteiger partial charge in [-0.05, 0) is 61.1 Å². The van der Waals surface area contributed by atoms with E-state index in [1.165, 1.54) is 0 Å². The van der Waals surface area contributed by atoms with Crippen molar-refractivity contribution in [1.29, 1.82) is 0 Å². The van der Waals surface area contributed by atoms with Gasteiger partial charge in [0, 0.05) is 23.4 Å². The molecule has 2 amide bonds. The van der Waals surface area contributed by atoms with Crippen molar-refractivity contribution < 1.29 is 9.59 Å². The van der Waals surface area contributed by atoms with Gasteiger partial charge in [-0.25, -0.2) is 0 Å². The minimum Gasteiger partial charge on any atom is -0.348 e. The molecule has 0 bridgehead atoms. The molecule has 0 saturated heterocycles. The summed E-state index contributed by atoms with van der Waals surface area (Å²) in [4.78, 5) is 24.5. The number of amides is 2. The van der Waals surface area contributed by atoms with Crippen LogP contribution in [0.1, 0.15) is 31.8 Å². The second-order valence-corrected chi connectivity index (χ2v) is 6.93. The lowest BCUT2D eigenvalue weighted by molar-refractivity contribution is 0.0948. The van der Waals surface area contributed by atoms with Crippen LogP contribution in [0.2, 0.25) is 0 Å². The summed E-state index contributed by atoms with van der Waals surface area (Å²) in [6.07, 6.45) is 0. The minimum absolute atomic E-state index is 0.157. The minimum atomic E-state index is -0.278. The molecule has 0 spiro atoms. The van der Waals surface area contributed by atoms with Gasteiger partial charge >= 0.3 is 0 Å². The fourth-order valence-corrected chi connectivity index (χ4v) is 2.84. The normalized spacial score (nSPS) is 10.1. The summed E-state index contributed by atoms with van der Waals surface area (Å²) < 4.78 is 0. The molecule has 0 radical (unpaired) electrons. The average molecular weight is 404 g/mol. The molecule has 0 aromatic heterocycles. The number of benzene rings is 3. The van der Waals surface area contributed by atoms with E-state index in [4.69, 9.17) is 12.2 Å². The molecule has 0 atom stereocenters. The molecular formula is C23H21N3O2S. The highest BCUT2D eigenvalue weighted by atomic mass is 32.1. The van der Waals surface area contributed by atoms with Crippen LogP contribution in [0.4, 0.5) is 5.69 Å². The van der Waals surface area contributed by atoms with E-state index in [0.29, 0.717) is 23.4 Å². The number of nitrogens with one attached hydrogen (secondary N) is 3. The van der Waals surface area contributed by atoms with E-state index >= 15 is 0 Å². The smallest absolute Gasteiger partial charge is 0.257 e. The quantitative estimate of drug-likeness (QED) is 0.562. The fraction of sp³-hybridized carbons (Fsp3) is 0.0870. The highest BCUT2D eigenvalue weighted by Gasteiger charge is 2.09. The molecular weight excluding hydrogens is 382 g/mol. The molecule has 3 aromatic carbocycles. The molecule has 0 saturated carbocycles. The number of aryl methyl sites for hydroxylation is 1. The lowest BCUT2D eigenvalue weighted by atomic mass is 10.1. The van der Waals surface area contributed by atoms with Crippen LogP contribution < -0.4 is 16.0 Å². The van der Waals surface area contributed by atoms with Crippen molar-refractivity contribution in [2.75, 3.05) is 5.32 Å². The van der Waals surface area contributed by atoms with E-state index in [9.17, 15) is 9.59 Å². The van der Waals surface area contributed by atoms with Gasteiger partial charge in [-0.2, -0.15) is 0 Å². The summed E-state index contributed by atoms with van der Waals surface area (Å²) in [5.41, 5.74) is 3.87. The Hall–Kier alpha value is -3.51. The maximum atomic E-state index is 12.3. The first kappa shape index (κ1) is 20.2. The predicted molar refractivity (Wildman–Crippen MR) is 119 cm³/mol. The summed E-state index contributed by atoms with van der Waals surface area (Å²) >= 11 is 5.20.